The van der Waals surface area contributed by atoms with Gasteiger partial charge < -0.3 is 0 Å². The number of hydrogen-bond donors (Lipinski definition) is 1. The molecule has 0 aliphatic rings. The van der Waals surface area contributed by atoms with Gasteiger partial charge in [-0.2, -0.15) is 0 Å². The van der Waals surface area contributed by atoms with E-state index in [2.05, 4.69) is 11.2 Å². The van der Waals surface area contributed by atoms with E-state index in [-0.39, 0.29) is 11.6 Å². The minimum atomic E-state index is -0.359. The van der Waals surface area contributed by atoms with Crippen LogP contribution >= 0.6 is 23.2 Å². The van der Waals surface area contributed by atoms with Crippen LogP contribution in [0.1, 0.15) is 32.4 Å². The first-order valence-electron chi connectivity index (χ1n) is 5.06. The van der Waals surface area contributed by atoms with Gasteiger partial charge in [0.25, 0.3) is 0 Å². The van der Waals surface area contributed by atoms with Crippen LogP contribution in [0.5, 0.6) is 0 Å². The standard InChI is InChI=1S/C13H15Cl2N/c1-5-13(3,4)16-9(2)11-7-6-10(14)8-12(11)15/h1,6-9,16H,2-4H3. The van der Waals surface area contributed by atoms with Crippen molar-refractivity contribution in [2.45, 2.75) is 32.4 Å². The predicted molar refractivity (Wildman–Crippen MR) is 70.9 cm³/mol. The molecule has 0 aromatic heterocycles. The van der Waals surface area contributed by atoms with Gasteiger partial charge in [0.2, 0.25) is 0 Å². The molecule has 1 nitrogen and oxygen atoms in total. The highest BCUT2D eigenvalue weighted by atomic mass is 35.5. The SMILES string of the molecule is C#CC(C)(C)NC(C)c1ccc(Cl)cc1Cl. The predicted octanol–water partition coefficient (Wildman–Crippen LogP) is 4.06. The molecule has 1 N–H and O–H groups in total. The maximum Gasteiger partial charge on any atom is 0.0745 e. The topological polar surface area (TPSA) is 12.0 Å². The highest BCUT2D eigenvalue weighted by Gasteiger charge is 2.19. The first-order valence-corrected chi connectivity index (χ1v) is 5.82. The molecule has 0 spiro atoms. The Balaban J connectivity index is 2.90. The maximum atomic E-state index is 6.12. The molecule has 0 saturated heterocycles. The zero-order valence-electron chi connectivity index (χ0n) is 9.64. The average molecular weight is 256 g/mol. The number of halogens is 2. The van der Waals surface area contributed by atoms with Crippen LogP contribution in [0.2, 0.25) is 10.0 Å². The highest BCUT2D eigenvalue weighted by molar-refractivity contribution is 6.35. The van der Waals surface area contributed by atoms with Crippen molar-refractivity contribution in [2.75, 3.05) is 0 Å². The molecule has 1 unspecified atom stereocenters. The Labute approximate surface area is 107 Å². The number of hydrogen-bond acceptors (Lipinski definition) is 1. The largest absolute Gasteiger partial charge is 0.295 e. The van der Waals surface area contributed by atoms with Crippen LogP contribution in [0.25, 0.3) is 0 Å². The van der Waals surface area contributed by atoms with Crippen molar-refractivity contribution in [1.29, 1.82) is 0 Å². The van der Waals surface area contributed by atoms with Gasteiger partial charge in [-0.1, -0.05) is 35.2 Å². The fourth-order valence-electron chi connectivity index (χ4n) is 1.51. The summed E-state index contributed by atoms with van der Waals surface area (Å²) < 4.78 is 0. The Morgan fingerprint density at radius 3 is 2.50 bits per heavy atom. The summed E-state index contributed by atoms with van der Waals surface area (Å²) in [4.78, 5) is 0. The second kappa shape index (κ2) is 5.10. The first-order chi connectivity index (χ1) is 7.35. The summed E-state index contributed by atoms with van der Waals surface area (Å²) in [6.45, 7) is 5.93. The quantitative estimate of drug-likeness (QED) is 0.804. The summed E-state index contributed by atoms with van der Waals surface area (Å²) in [6.07, 6.45) is 5.43. The lowest BCUT2D eigenvalue weighted by Gasteiger charge is -2.26. The Morgan fingerprint density at radius 2 is 2.00 bits per heavy atom. The molecule has 1 aromatic carbocycles. The van der Waals surface area contributed by atoms with E-state index in [1.54, 1.807) is 6.07 Å². The van der Waals surface area contributed by atoms with E-state index in [9.17, 15) is 0 Å². The van der Waals surface area contributed by atoms with Gasteiger partial charge in [-0.3, -0.25) is 5.32 Å². The average Bonchev–Trinajstić information content (AvgIpc) is 2.16. The number of rotatable bonds is 3. The second-order valence-corrected chi connectivity index (χ2v) is 5.14. The molecule has 0 bridgehead atoms. The van der Waals surface area contributed by atoms with Gasteiger partial charge in [0, 0.05) is 16.1 Å². The fraction of sp³-hybridized carbons (Fsp3) is 0.385. The molecule has 0 radical (unpaired) electrons. The van der Waals surface area contributed by atoms with Crippen LogP contribution in [-0.4, -0.2) is 5.54 Å². The third kappa shape index (κ3) is 3.42. The molecule has 3 heteroatoms. The smallest absolute Gasteiger partial charge is 0.0745 e. The Kier molecular flexibility index (Phi) is 4.27. The molecule has 0 amide bonds. The molecule has 1 aromatic rings. The van der Waals surface area contributed by atoms with Crippen LogP contribution in [0.4, 0.5) is 0 Å². The van der Waals surface area contributed by atoms with Crippen LogP contribution < -0.4 is 5.32 Å². The van der Waals surface area contributed by atoms with E-state index in [0.717, 1.165) is 5.56 Å². The molecule has 16 heavy (non-hydrogen) atoms. The molecule has 86 valence electrons. The first kappa shape index (κ1) is 13.4. The van der Waals surface area contributed by atoms with Crippen molar-refractivity contribution in [3.8, 4) is 12.3 Å². The van der Waals surface area contributed by atoms with Gasteiger partial charge in [-0.05, 0) is 38.5 Å². The Bertz CT molecular complexity index is 418. The summed E-state index contributed by atoms with van der Waals surface area (Å²) in [5, 5.41) is 4.61. The minimum Gasteiger partial charge on any atom is -0.295 e. The molecule has 0 aliphatic carbocycles. The lowest BCUT2D eigenvalue weighted by molar-refractivity contribution is 0.431. The highest BCUT2D eigenvalue weighted by Crippen LogP contribution is 2.27. The van der Waals surface area contributed by atoms with Gasteiger partial charge in [-0.25, -0.2) is 0 Å². The van der Waals surface area contributed by atoms with Crippen molar-refractivity contribution >= 4 is 23.2 Å². The Morgan fingerprint density at radius 1 is 1.38 bits per heavy atom. The monoisotopic (exact) mass is 255 g/mol. The van der Waals surface area contributed by atoms with Gasteiger partial charge in [0.05, 0.1) is 5.54 Å². The van der Waals surface area contributed by atoms with Crippen molar-refractivity contribution in [1.82, 2.24) is 5.32 Å². The number of nitrogens with one attached hydrogen (secondary N) is 1. The zero-order chi connectivity index (χ0) is 12.3. The molecule has 1 atom stereocenters. The Hall–Kier alpha value is -0.680. The van der Waals surface area contributed by atoms with Gasteiger partial charge in [0.15, 0.2) is 0 Å². The summed E-state index contributed by atoms with van der Waals surface area (Å²) in [7, 11) is 0. The van der Waals surface area contributed by atoms with E-state index < -0.39 is 0 Å². The van der Waals surface area contributed by atoms with Gasteiger partial charge in [-0.15, -0.1) is 6.42 Å². The van der Waals surface area contributed by atoms with Gasteiger partial charge in [0.1, 0.15) is 0 Å². The van der Waals surface area contributed by atoms with Crippen molar-refractivity contribution in [2.24, 2.45) is 0 Å². The number of benzene rings is 1. The molecule has 1 rings (SSSR count). The van der Waals surface area contributed by atoms with Crippen LogP contribution in [-0.2, 0) is 0 Å². The van der Waals surface area contributed by atoms with Crippen LogP contribution in [0, 0.1) is 12.3 Å². The molecule has 0 aliphatic heterocycles. The second-order valence-electron chi connectivity index (χ2n) is 4.30. The van der Waals surface area contributed by atoms with Crippen molar-refractivity contribution < 1.29 is 0 Å². The van der Waals surface area contributed by atoms with Crippen LogP contribution in [0.15, 0.2) is 18.2 Å². The number of terminal acetylenes is 1. The van der Waals surface area contributed by atoms with Crippen molar-refractivity contribution in [3.05, 3.63) is 33.8 Å². The lowest BCUT2D eigenvalue weighted by atomic mass is 10.0. The summed E-state index contributed by atoms with van der Waals surface area (Å²) in [6, 6.07) is 5.55. The molecular formula is C13H15Cl2N. The summed E-state index contributed by atoms with van der Waals surface area (Å²) in [5.74, 6) is 2.69. The van der Waals surface area contributed by atoms with E-state index in [1.165, 1.54) is 0 Å². The normalized spacial score (nSPS) is 13.2. The molecule has 0 fully saturated rings. The molecular weight excluding hydrogens is 241 g/mol. The van der Waals surface area contributed by atoms with E-state index in [4.69, 9.17) is 29.6 Å². The van der Waals surface area contributed by atoms with E-state index in [1.807, 2.05) is 32.9 Å². The van der Waals surface area contributed by atoms with Crippen molar-refractivity contribution in [3.63, 3.8) is 0 Å². The molecule has 0 saturated carbocycles. The summed E-state index contributed by atoms with van der Waals surface area (Å²) >= 11 is 12.0. The zero-order valence-corrected chi connectivity index (χ0v) is 11.2. The third-order valence-corrected chi connectivity index (χ3v) is 2.93. The third-order valence-electron chi connectivity index (χ3n) is 2.37. The lowest BCUT2D eigenvalue weighted by Crippen LogP contribution is -2.39. The van der Waals surface area contributed by atoms with E-state index in [0.29, 0.717) is 10.0 Å². The van der Waals surface area contributed by atoms with Gasteiger partial charge >= 0.3 is 0 Å². The van der Waals surface area contributed by atoms with E-state index >= 15 is 0 Å². The minimum absolute atomic E-state index is 0.0795. The molecule has 0 heterocycles. The fourth-order valence-corrected chi connectivity index (χ4v) is 2.09. The summed E-state index contributed by atoms with van der Waals surface area (Å²) in [5.41, 5.74) is 0.636. The maximum absolute atomic E-state index is 6.12. The van der Waals surface area contributed by atoms with Crippen LogP contribution in [0.3, 0.4) is 0 Å².